The molecule has 0 saturated carbocycles. The van der Waals surface area contributed by atoms with Crippen LogP contribution >= 0.6 is 0 Å². The average Bonchev–Trinajstić information content (AvgIpc) is 2.47. The Kier molecular flexibility index (Phi) is 4.29. The van der Waals surface area contributed by atoms with E-state index in [4.69, 9.17) is 5.73 Å². The maximum Gasteiger partial charge on any atom is 0.264 e. The summed E-state index contributed by atoms with van der Waals surface area (Å²) in [5.41, 5.74) is 7.02. The molecule has 0 heterocycles. The average molecular weight is 308 g/mol. The van der Waals surface area contributed by atoms with Crippen molar-refractivity contribution in [2.24, 2.45) is 5.73 Å². The van der Waals surface area contributed by atoms with Crippen molar-refractivity contribution in [3.8, 4) is 0 Å². The normalized spacial score (nSPS) is 11.4. The molecule has 0 aromatic heterocycles. The fraction of sp³-hybridized carbons (Fsp3) is 0.200. The Hall–Kier alpha value is -1.92. The quantitative estimate of drug-likeness (QED) is 0.943. The van der Waals surface area contributed by atoms with Crippen molar-refractivity contribution < 1.29 is 12.8 Å². The summed E-state index contributed by atoms with van der Waals surface area (Å²) in [6.07, 6.45) is 0. The second-order valence-corrected chi connectivity index (χ2v) is 6.69. The van der Waals surface area contributed by atoms with Gasteiger partial charge >= 0.3 is 0 Å². The van der Waals surface area contributed by atoms with Crippen molar-refractivity contribution in [2.75, 3.05) is 11.4 Å². The Morgan fingerprint density at radius 1 is 1.19 bits per heavy atom. The van der Waals surface area contributed by atoms with Gasteiger partial charge in [0.1, 0.15) is 5.82 Å². The van der Waals surface area contributed by atoms with Crippen LogP contribution in [0.25, 0.3) is 0 Å². The smallest absolute Gasteiger partial charge is 0.264 e. The number of hydrogen-bond donors (Lipinski definition) is 1. The highest BCUT2D eigenvalue weighted by molar-refractivity contribution is 7.92. The third-order valence-corrected chi connectivity index (χ3v) is 5.12. The summed E-state index contributed by atoms with van der Waals surface area (Å²) in [6.45, 7) is 1.78. The molecule has 6 heteroatoms. The van der Waals surface area contributed by atoms with Crippen molar-refractivity contribution in [2.45, 2.75) is 18.4 Å². The van der Waals surface area contributed by atoms with Crippen LogP contribution in [0.5, 0.6) is 0 Å². The molecule has 2 N–H and O–H groups in total. The Labute approximate surface area is 124 Å². The molecular weight excluding hydrogens is 291 g/mol. The molecule has 0 amide bonds. The topological polar surface area (TPSA) is 63.4 Å². The lowest BCUT2D eigenvalue weighted by atomic mass is 10.2. The fourth-order valence-corrected chi connectivity index (χ4v) is 3.38. The minimum Gasteiger partial charge on any atom is -0.326 e. The Balaban J connectivity index is 2.49. The van der Waals surface area contributed by atoms with Crippen LogP contribution < -0.4 is 10.0 Å². The molecule has 21 heavy (non-hydrogen) atoms. The van der Waals surface area contributed by atoms with Crippen LogP contribution in [0.1, 0.15) is 11.1 Å². The van der Waals surface area contributed by atoms with E-state index in [1.807, 2.05) is 19.1 Å². The summed E-state index contributed by atoms with van der Waals surface area (Å²) in [4.78, 5) is 0.0232. The first kappa shape index (κ1) is 15.5. The number of benzene rings is 2. The molecule has 2 rings (SSSR count). The predicted molar refractivity (Wildman–Crippen MR) is 81.1 cm³/mol. The van der Waals surface area contributed by atoms with Crippen molar-refractivity contribution in [1.82, 2.24) is 0 Å². The second kappa shape index (κ2) is 5.83. The van der Waals surface area contributed by atoms with Gasteiger partial charge in [-0.05, 0) is 36.8 Å². The van der Waals surface area contributed by atoms with Crippen LogP contribution in [0.4, 0.5) is 10.1 Å². The standard InChI is InChI=1S/C15H17FN2O2S/c1-11-5-3-4-6-15(11)18(2)21(19,20)13-7-8-14(16)12(9-13)10-17/h3-9H,10,17H2,1-2H3. The van der Waals surface area contributed by atoms with Gasteiger partial charge in [0, 0.05) is 19.2 Å². The first-order valence-corrected chi connectivity index (χ1v) is 7.85. The van der Waals surface area contributed by atoms with Gasteiger partial charge in [-0.15, -0.1) is 0 Å². The van der Waals surface area contributed by atoms with Gasteiger partial charge in [-0.2, -0.15) is 0 Å². The molecule has 0 aliphatic rings. The zero-order chi connectivity index (χ0) is 15.6. The highest BCUT2D eigenvalue weighted by Gasteiger charge is 2.23. The summed E-state index contributed by atoms with van der Waals surface area (Å²) in [5, 5.41) is 0. The van der Waals surface area contributed by atoms with Gasteiger partial charge in [0.25, 0.3) is 10.0 Å². The maximum atomic E-state index is 13.5. The van der Waals surface area contributed by atoms with E-state index in [-0.39, 0.29) is 17.0 Å². The van der Waals surface area contributed by atoms with Crippen molar-refractivity contribution in [3.05, 3.63) is 59.4 Å². The zero-order valence-electron chi connectivity index (χ0n) is 11.9. The Morgan fingerprint density at radius 3 is 2.48 bits per heavy atom. The highest BCUT2D eigenvalue weighted by atomic mass is 32.2. The van der Waals surface area contributed by atoms with E-state index in [9.17, 15) is 12.8 Å². The SMILES string of the molecule is Cc1ccccc1N(C)S(=O)(=O)c1ccc(F)c(CN)c1. The molecule has 0 spiro atoms. The fourth-order valence-electron chi connectivity index (χ4n) is 2.07. The van der Waals surface area contributed by atoms with E-state index in [0.717, 1.165) is 11.6 Å². The minimum atomic E-state index is -3.75. The van der Waals surface area contributed by atoms with Crippen molar-refractivity contribution in [1.29, 1.82) is 0 Å². The summed E-state index contributed by atoms with van der Waals surface area (Å²) in [6, 6.07) is 10.8. The summed E-state index contributed by atoms with van der Waals surface area (Å²) in [7, 11) is -2.28. The van der Waals surface area contributed by atoms with E-state index >= 15 is 0 Å². The minimum absolute atomic E-state index is 0.0232. The monoisotopic (exact) mass is 308 g/mol. The van der Waals surface area contributed by atoms with E-state index < -0.39 is 15.8 Å². The van der Waals surface area contributed by atoms with Crippen LogP contribution in [-0.2, 0) is 16.6 Å². The van der Waals surface area contributed by atoms with E-state index in [2.05, 4.69) is 0 Å². The number of rotatable bonds is 4. The van der Waals surface area contributed by atoms with Crippen molar-refractivity contribution in [3.63, 3.8) is 0 Å². The number of hydrogen-bond acceptors (Lipinski definition) is 3. The first-order chi connectivity index (χ1) is 9.87. The molecule has 0 fully saturated rings. The van der Waals surface area contributed by atoms with Crippen LogP contribution in [0.3, 0.4) is 0 Å². The third-order valence-electron chi connectivity index (χ3n) is 3.35. The molecule has 4 nitrogen and oxygen atoms in total. The van der Waals surface area contributed by atoms with Gasteiger partial charge in [-0.1, -0.05) is 18.2 Å². The molecule has 0 unspecified atom stereocenters. The van der Waals surface area contributed by atoms with Crippen LogP contribution in [0.15, 0.2) is 47.4 Å². The number of sulfonamides is 1. The predicted octanol–water partition coefficient (Wildman–Crippen LogP) is 2.42. The van der Waals surface area contributed by atoms with Gasteiger partial charge in [0.15, 0.2) is 0 Å². The number of aryl methyl sites for hydroxylation is 1. The van der Waals surface area contributed by atoms with Crippen LogP contribution in [0.2, 0.25) is 0 Å². The van der Waals surface area contributed by atoms with Gasteiger partial charge in [-0.3, -0.25) is 4.31 Å². The third kappa shape index (κ3) is 2.91. The highest BCUT2D eigenvalue weighted by Crippen LogP contribution is 2.25. The molecule has 0 aliphatic heterocycles. The van der Waals surface area contributed by atoms with E-state index in [1.54, 1.807) is 12.1 Å². The molecule has 112 valence electrons. The maximum absolute atomic E-state index is 13.5. The molecule has 0 bridgehead atoms. The van der Waals surface area contributed by atoms with Crippen molar-refractivity contribution >= 4 is 15.7 Å². The lowest BCUT2D eigenvalue weighted by Gasteiger charge is -2.21. The zero-order valence-corrected chi connectivity index (χ0v) is 12.7. The Bertz CT molecular complexity index is 760. The van der Waals surface area contributed by atoms with Crippen LogP contribution in [-0.4, -0.2) is 15.5 Å². The number of nitrogens with two attached hydrogens (primary N) is 1. The van der Waals surface area contributed by atoms with E-state index in [1.165, 1.54) is 23.5 Å². The molecule has 0 radical (unpaired) electrons. The number of halogens is 1. The molecular formula is C15H17FN2O2S. The molecule has 0 atom stereocenters. The molecule has 0 aliphatic carbocycles. The van der Waals surface area contributed by atoms with Gasteiger partial charge in [0.05, 0.1) is 10.6 Å². The number of nitrogens with zero attached hydrogens (tertiary/aromatic N) is 1. The summed E-state index contributed by atoms with van der Waals surface area (Å²) < 4.78 is 39.9. The molecule has 2 aromatic carbocycles. The molecule has 0 saturated heterocycles. The number of para-hydroxylation sites is 1. The summed E-state index contributed by atoms with van der Waals surface area (Å²) in [5.74, 6) is -0.505. The van der Waals surface area contributed by atoms with E-state index in [0.29, 0.717) is 5.69 Å². The lowest BCUT2D eigenvalue weighted by molar-refractivity contribution is 0.590. The van der Waals surface area contributed by atoms with Gasteiger partial charge < -0.3 is 5.73 Å². The first-order valence-electron chi connectivity index (χ1n) is 6.41. The molecule has 2 aromatic rings. The lowest BCUT2D eigenvalue weighted by Crippen LogP contribution is -2.27. The number of anilines is 1. The second-order valence-electron chi connectivity index (χ2n) is 4.72. The summed E-state index contributed by atoms with van der Waals surface area (Å²) >= 11 is 0. The van der Waals surface area contributed by atoms with Gasteiger partial charge in [-0.25, -0.2) is 12.8 Å². The largest absolute Gasteiger partial charge is 0.326 e. The van der Waals surface area contributed by atoms with Crippen LogP contribution in [0, 0.1) is 12.7 Å². The van der Waals surface area contributed by atoms with Gasteiger partial charge in [0.2, 0.25) is 0 Å². The Morgan fingerprint density at radius 2 is 1.86 bits per heavy atom.